The van der Waals surface area contributed by atoms with Crippen molar-refractivity contribution in [1.29, 1.82) is 0 Å². The van der Waals surface area contributed by atoms with Crippen LogP contribution < -0.4 is 4.90 Å². The lowest BCUT2D eigenvalue weighted by atomic mass is 10.0. The Morgan fingerprint density at radius 2 is 2.00 bits per heavy atom. The zero-order valence-corrected chi connectivity index (χ0v) is 10.8. The van der Waals surface area contributed by atoms with Crippen molar-refractivity contribution < 1.29 is 24.2 Å². The van der Waals surface area contributed by atoms with Crippen LogP contribution in [0.5, 0.6) is 0 Å². The fourth-order valence-electron chi connectivity index (χ4n) is 1.74. The Bertz CT molecular complexity index is 490. The maximum Gasteiger partial charge on any atom is 0.308 e. The first-order valence-electron chi connectivity index (χ1n) is 5.73. The molecule has 0 amide bonds. The van der Waals surface area contributed by atoms with Gasteiger partial charge in [0.05, 0.1) is 12.3 Å². The summed E-state index contributed by atoms with van der Waals surface area (Å²) in [5, 5.41) is 17.6. The molecule has 0 fully saturated rings. The van der Waals surface area contributed by atoms with Crippen LogP contribution in [0.4, 0.5) is 10.1 Å². The van der Waals surface area contributed by atoms with Crippen LogP contribution in [-0.2, 0) is 9.59 Å². The third-order valence-corrected chi connectivity index (χ3v) is 2.85. The molecule has 1 aromatic carbocycles. The van der Waals surface area contributed by atoms with Crippen molar-refractivity contribution in [2.75, 3.05) is 18.5 Å². The van der Waals surface area contributed by atoms with Gasteiger partial charge in [0.2, 0.25) is 0 Å². The highest BCUT2D eigenvalue weighted by Gasteiger charge is 2.23. The Hall–Kier alpha value is -2.11. The zero-order valence-electron chi connectivity index (χ0n) is 10.8. The second kappa shape index (κ2) is 6.17. The van der Waals surface area contributed by atoms with Gasteiger partial charge in [-0.25, -0.2) is 4.39 Å². The van der Waals surface area contributed by atoms with E-state index < -0.39 is 24.3 Å². The molecule has 2 N–H and O–H groups in total. The van der Waals surface area contributed by atoms with E-state index in [2.05, 4.69) is 0 Å². The molecule has 0 saturated heterocycles. The second-order valence-corrected chi connectivity index (χ2v) is 4.45. The summed E-state index contributed by atoms with van der Waals surface area (Å²) in [6.45, 7) is 1.66. The maximum atomic E-state index is 13.1. The Labute approximate surface area is 110 Å². The normalized spacial score (nSPS) is 11.9. The van der Waals surface area contributed by atoms with E-state index in [0.29, 0.717) is 11.3 Å². The summed E-state index contributed by atoms with van der Waals surface area (Å²) >= 11 is 0. The van der Waals surface area contributed by atoms with E-state index >= 15 is 0 Å². The smallest absolute Gasteiger partial charge is 0.308 e. The summed E-state index contributed by atoms with van der Waals surface area (Å²) < 4.78 is 13.1. The van der Waals surface area contributed by atoms with Crippen molar-refractivity contribution in [2.24, 2.45) is 5.92 Å². The Morgan fingerprint density at radius 3 is 2.47 bits per heavy atom. The highest BCUT2D eigenvalue weighted by molar-refractivity contribution is 5.78. The molecule has 0 aliphatic carbocycles. The Kier molecular flexibility index (Phi) is 4.86. The fraction of sp³-hybridized carbons (Fsp3) is 0.385. The SMILES string of the molecule is Cc1cc(N(C)CC(CC(=O)O)C(=O)O)ccc1F. The molecule has 0 spiro atoms. The maximum absolute atomic E-state index is 13.1. The van der Waals surface area contributed by atoms with Gasteiger partial charge in [-0.05, 0) is 30.7 Å². The number of nitrogens with zero attached hydrogens (tertiary/aromatic N) is 1. The molecule has 0 radical (unpaired) electrons. The van der Waals surface area contributed by atoms with E-state index in [4.69, 9.17) is 10.2 Å². The van der Waals surface area contributed by atoms with E-state index in [-0.39, 0.29) is 12.4 Å². The number of carbonyl (C=O) groups is 2. The summed E-state index contributed by atoms with van der Waals surface area (Å²) in [7, 11) is 1.64. The molecular formula is C13H16FNO4. The number of hydrogen-bond acceptors (Lipinski definition) is 3. The van der Waals surface area contributed by atoms with Crippen molar-refractivity contribution in [3.05, 3.63) is 29.6 Å². The van der Waals surface area contributed by atoms with Crippen LogP contribution in [0.2, 0.25) is 0 Å². The Balaban J connectivity index is 2.81. The minimum Gasteiger partial charge on any atom is -0.481 e. The van der Waals surface area contributed by atoms with Crippen LogP contribution in [0.15, 0.2) is 18.2 Å². The van der Waals surface area contributed by atoms with E-state index in [1.54, 1.807) is 24.9 Å². The molecule has 0 bridgehead atoms. The van der Waals surface area contributed by atoms with Crippen LogP contribution in [0.25, 0.3) is 0 Å². The standard InChI is InChI=1S/C13H16FNO4/c1-8-5-10(3-4-11(8)14)15(2)7-9(13(18)19)6-12(16)17/h3-5,9H,6-7H2,1-2H3,(H,16,17)(H,18,19). The van der Waals surface area contributed by atoms with Crippen LogP contribution in [0, 0.1) is 18.7 Å². The molecule has 1 unspecified atom stereocenters. The summed E-state index contributed by atoms with van der Waals surface area (Å²) in [5.74, 6) is -3.66. The molecular weight excluding hydrogens is 253 g/mol. The van der Waals surface area contributed by atoms with E-state index in [9.17, 15) is 14.0 Å². The highest BCUT2D eigenvalue weighted by atomic mass is 19.1. The van der Waals surface area contributed by atoms with Crippen molar-refractivity contribution in [3.63, 3.8) is 0 Å². The summed E-state index contributed by atoms with van der Waals surface area (Å²) in [6, 6.07) is 4.42. The van der Waals surface area contributed by atoms with Crippen LogP contribution in [-0.4, -0.2) is 35.7 Å². The molecule has 1 aromatic rings. The lowest BCUT2D eigenvalue weighted by Gasteiger charge is -2.23. The summed E-state index contributed by atoms with van der Waals surface area (Å²) in [5.41, 5.74) is 1.10. The number of halogens is 1. The highest BCUT2D eigenvalue weighted by Crippen LogP contribution is 2.19. The lowest BCUT2D eigenvalue weighted by molar-refractivity contribution is -0.147. The van der Waals surface area contributed by atoms with E-state index in [1.807, 2.05) is 0 Å². The van der Waals surface area contributed by atoms with Gasteiger partial charge >= 0.3 is 11.9 Å². The van der Waals surface area contributed by atoms with Gasteiger partial charge in [0.1, 0.15) is 5.82 Å². The van der Waals surface area contributed by atoms with Gasteiger partial charge < -0.3 is 15.1 Å². The number of benzene rings is 1. The third-order valence-electron chi connectivity index (χ3n) is 2.85. The molecule has 0 aromatic heterocycles. The largest absolute Gasteiger partial charge is 0.481 e. The number of rotatable bonds is 6. The topological polar surface area (TPSA) is 77.8 Å². The van der Waals surface area contributed by atoms with Gasteiger partial charge in [-0.3, -0.25) is 9.59 Å². The van der Waals surface area contributed by atoms with Gasteiger partial charge in [-0.2, -0.15) is 0 Å². The molecule has 0 aliphatic heterocycles. The Morgan fingerprint density at radius 1 is 1.37 bits per heavy atom. The molecule has 6 heteroatoms. The van der Waals surface area contributed by atoms with E-state index in [1.165, 1.54) is 12.1 Å². The van der Waals surface area contributed by atoms with Crippen molar-refractivity contribution in [3.8, 4) is 0 Å². The van der Waals surface area contributed by atoms with Crippen molar-refractivity contribution >= 4 is 17.6 Å². The lowest BCUT2D eigenvalue weighted by Crippen LogP contribution is -2.32. The minimum absolute atomic E-state index is 0.0483. The van der Waals surface area contributed by atoms with Gasteiger partial charge in [0.15, 0.2) is 0 Å². The number of carboxylic acid groups (broad SMARTS) is 2. The predicted octanol–water partition coefficient (Wildman–Crippen LogP) is 1.75. The first kappa shape index (κ1) is 14.9. The van der Waals surface area contributed by atoms with Gasteiger partial charge in [-0.15, -0.1) is 0 Å². The number of aryl methyl sites for hydroxylation is 1. The average molecular weight is 269 g/mol. The average Bonchev–Trinajstić information content (AvgIpc) is 2.31. The molecule has 0 saturated carbocycles. The second-order valence-electron chi connectivity index (χ2n) is 4.45. The minimum atomic E-state index is -1.16. The van der Waals surface area contributed by atoms with Gasteiger partial charge in [-0.1, -0.05) is 0 Å². The molecule has 104 valence electrons. The molecule has 19 heavy (non-hydrogen) atoms. The zero-order chi connectivity index (χ0) is 14.6. The monoisotopic (exact) mass is 269 g/mol. The quantitative estimate of drug-likeness (QED) is 0.822. The summed E-state index contributed by atoms with van der Waals surface area (Å²) in [4.78, 5) is 23.2. The molecule has 0 heterocycles. The number of anilines is 1. The molecule has 5 nitrogen and oxygen atoms in total. The first-order chi connectivity index (χ1) is 8.81. The van der Waals surface area contributed by atoms with Crippen molar-refractivity contribution in [2.45, 2.75) is 13.3 Å². The van der Waals surface area contributed by atoms with Crippen LogP contribution in [0.3, 0.4) is 0 Å². The van der Waals surface area contributed by atoms with Crippen LogP contribution >= 0.6 is 0 Å². The molecule has 1 atom stereocenters. The van der Waals surface area contributed by atoms with Crippen molar-refractivity contribution in [1.82, 2.24) is 0 Å². The number of aliphatic carboxylic acids is 2. The number of carboxylic acids is 2. The molecule has 0 aliphatic rings. The van der Waals surface area contributed by atoms with Crippen LogP contribution in [0.1, 0.15) is 12.0 Å². The van der Waals surface area contributed by atoms with Gasteiger partial charge in [0.25, 0.3) is 0 Å². The van der Waals surface area contributed by atoms with E-state index in [0.717, 1.165) is 0 Å². The van der Waals surface area contributed by atoms with Gasteiger partial charge in [0, 0.05) is 19.3 Å². The fourth-order valence-corrected chi connectivity index (χ4v) is 1.74. The number of hydrogen-bond donors (Lipinski definition) is 2. The predicted molar refractivity (Wildman–Crippen MR) is 67.8 cm³/mol. The summed E-state index contributed by atoms with van der Waals surface area (Å²) in [6.07, 6.45) is -0.445. The third kappa shape index (κ3) is 4.24. The molecule has 1 rings (SSSR count). The first-order valence-corrected chi connectivity index (χ1v) is 5.73.